The number of likely N-dealkylation sites (tertiary alicyclic amines) is 1. The molecule has 27 heavy (non-hydrogen) atoms. The van der Waals surface area contributed by atoms with Gasteiger partial charge >= 0.3 is 0 Å². The molecule has 8 heteroatoms. The summed E-state index contributed by atoms with van der Waals surface area (Å²) in [6.45, 7) is 4.73. The highest BCUT2D eigenvalue weighted by molar-refractivity contribution is 7.13. The SMILES string of the molecule is Cc1oc(-c2cccs2)nc1CC(=O)N1CCC(NCC2CC2)CC1.Cl.Cl. The van der Waals surface area contributed by atoms with Gasteiger partial charge in [0.15, 0.2) is 0 Å². The minimum Gasteiger partial charge on any atom is -0.440 e. The molecule has 0 bridgehead atoms. The van der Waals surface area contributed by atoms with E-state index in [-0.39, 0.29) is 30.7 Å². The summed E-state index contributed by atoms with van der Waals surface area (Å²) in [4.78, 5) is 20.2. The first-order valence-corrected chi connectivity index (χ1v) is 10.1. The van der Waals surface area contributed by atoms with E-state index in [1.54, 1.807) is 11.3 Å². The number of thiophene rings is 1. The van der Waals surface area contributed by atoms with Gasteiger partial charge in [0.05, 0.1) is 17.0 Å². The summed E-state index contributed by atoms with van der Waals surface area (Å²) in [5, 5.41) is 5.66. The lowest BCUT2D eigenvalue weighted by molar-refractivity contribution is -0.131. The number of nitrogens with one attached hydrogen (secondary N) is 1. The Labute approximate surface area is 176 Å². The second-order valence-corrected chi connectivity index (χ2v) is 8.13. The molecule has 0 radical (unpaired) electrons. The first-order valence-electron chi connectivity index (χ1n) is 9.20. The van der Waals surface area contributed by atoms with Crippen molar-refractivity contribution in [1.82, 2.24) is 15.2 Å². The number of halogens is 2. The van der Waals surface area contributed by atoms with Crippen molar-refractivity contribution in [2.75, 3.05) is 19.6 Å². The molecule has 1 saturated carbocycles. The maximum atomic E-state index is 12.6. The smallest absolute Gasteiger partial charge is 0.236 e. The number of carbonyl (C=O) groups is 1. The number of aryl methyl sites for hydroxylation is 1. The Morgan fingerprint density at radius 1 is 1.30 bits per heavy atom. The Morgan fingerprint density at radius 3 is 2.67 bits per heavy atom. The zero-order chi connectivity index (χ0) is 17.2. The number of oxazole rings is 1. The van der Waals surface area contributed by atoms with E-state index >= 15 is 0 Å². The van der Waals surface area contributed by atoms with Gasteiger partial charge in [-0.1, -0.05) is 6.07 Å². The van der Waals surface area contributed by atoms with Crippen molar-refractivity contribution in [3.63, 3.8) is 0 Å². The van der Waals surface area contributed by atoms with E-state index in [0.29, 0.717) is 18.4 Å². The van der Waals surface area contributed by atoms with Crippen LogP contribution in [0.5, 0.6) is 0 Å². The third kappa shape index (κ3) is 5.70. The number of piperidine rings is 1. The molecule has 1 aliphatic heterocycles. The predicted molar refractivity (Wildman–Crippen MR) is 113 cm³/mol. The lowest BCUT2D eigenvalue weighted by Gasteiger charge is -2.32. The van der Waals surface area contributed by atoms with Gasteiger partial charge in [0.2, 0.25) is 11.8 Å². The second-order valence-electron chi connectivity index (χ2n) is 7.18. The van der Waals surface area contributed by atoms with E-state index < -0.39 is 0 Å². The monoisotopic (exact) mass is 431 g/mol. The molecule has 2 aromatic rings. The highest BCUT2D eigenvalue weighted by atomic mass is 35.5. The van der Waals surface area contributed by atoms with E-state index in [0.717, 1.165) is 54.7 Å². The van der Waals surface area contributed by atoms with Crippen LogP contribution in [0.25, 0.3) is 10.8 Å². The first kappa shape index (κ1) is 22.2. The van der Waals surface area contributed by atoms with E-state index in [1.165, 1.54) is 12.8 Å². The van der Waals surface area contributed by atoms with Crippen LogP contribution in [0.2, 0.25) is 0 Å². The van der Waals surface area contributed by atoms with E-state index in [2.05, 4.69) is 10.3 Å². The molecular formula is C19H27Cl2N3O2S. The maximum Gasteiger partial charge on any atom is 0.236 e. The zero-order valence-corrected chi connectivity index (χ0v) is 17.9. The average Bonchev–Trinajstić information content (AvgIpc) is 3.14. The first-order chi connectivity index (χ1) is 12.2. The fourth-order valence-electron chi connectivity index (χ4n) is 3.34. The lowest BCUT2D eigenvalue weighted by Crippen LogP contribution is -2.45. The van der Waals surface area contributed by atoms with Gasteiger partial charge in [0, 0.05) is 19.1 Å². The predicted octanol–water partition coefficient (Wildman–Crippen LogP) is 4.09. The standard InChI is InChI=1S/C19H25N3O2S.2ClH/c1-13-16(21-19(24-13)17-3-2-10-25-17)11-18(23)22-8-6-15(7-9-22)20-12-14-4-5-14;;/h2-3,10,14-15,20H,4-9,11-12H2,1H3;2*1H. The van der Waals surface area contributed by atoms with Crippen molar-refractivity contribution < 1.29 is 9.21 Å². The van der Waals surface area contributed by atoms with E-state index in [4.69, 9.17) is 4.42 Å². The van der Waals surface area contributed by atoms with Crippen LogP contribution in [0.1, 0.15) is 37.1 Å². The molecule has 0 atom stereocenters. The van der Waals surface area contributed by atoms with Crippen LogP contribution in [-0.2, 0) is 11.2 Å². The van der Waals surface area contributed by atoms with Crippen LogP contribution in [-0.4, -0.2) is 41.5 Å². The van der Waals surface area contributed by atoms with Crippen LogP contribution in [0.3, 0.4) is 0 Å². The quantitative estimate of drug-likeness (QED) is 0.747. The third-order valence-electron chi connectivity index (χ3n) is 5.18. The van der Waals surface area contributed by atoms with Gasteiger partial charge in [-0.15, -0.1) is 36.2 Å². The summed E-state index contributed by atoms with van der Waals surface area (Å²) < 4.78 is 5.74. The van der Waals surface area contributed by atoms with Crippen molar-refractivity contribution in [1.29, 1.82) is 0 Å². The Balaban J connectivity index is 0.00000131. The van der Waals surface area contributed by atoms with Gasteiger partial charge in [0.25, 0.3) is 0 Å². The van der Waals surface area contributed by atoms with Crippen molar-refractivity contribution >= 4 is 42.1 Å². The van der Waals surface area contributed by atoms with Gasteiger partial charge in [-0.05, 0) is 56.5 Å². The average molecular weight is 432 g/mol. The van der Waals surface area contributed by atoms with Gasteiger partial charge in [-0.3, -0.25) is 4.79 Å². The second kappa shape index (κ2) is 9.92. The molecule has 1 aliphatic carbocycles. The van der Waals surface area contributed by atoms with Gasteiger partial charge < -0.3 is 14.6 Å². The Kier molecular flexibility index (Phi) is 8.16. The number of carbonyl (C=O) groups excluding carboxylic acids is 1. The van der Waals surface area contributed by atoms with Crippen LogP contribution >= 0.6 is 36.2 Å². The minimum absolute atomic E-state index is 0. The molecule has 2 fully saturated rings. The molecule has 4 rings (SSSR count). The summed E-state index contributed by atoms with van der Waals surface area (Å²) in [6, 6.07) is 4.54. The van der Waals surface area contributed by atoms with Crippen LogP contribution in [0, 0.1) is 12.8 Å². The molecule has 0 spiro atoms. The number of hydrogen-bond donors (Lipinski definition) is 1. The Hall–Kier alpha value is -1.08. The van der Waals surface area contributed by atoms with Gasteiger partial charge in [-0.25, -0.2) is 4.98 Å². The highest BCUT2D eigenvalue weighted by Crippen LogP contribution is 2.28. The normalized spacial score (nSPS) is 17.3. The molecule has 3 heterocycles. The molecule has 2 aliphatic rings. The molecule has 5 nitrogen and oxygen atoms in total. The number of aromatic nitrogens is 1. The number of hydrogen-bond acceptors (Lipinski definition) is 5. The number of amides is 1. The molecule has 1 amide bonds. The van der Waals surface area contributed by atoms with E-state index in [1.807, 2.05) is 29.3 Å². The molecule has 0 unspecified atom stereocenters. The van der Waals surface area contributed by atoms with Crippen LogP contribution < -0.4 is 5.32 Å². The van der Waals surface area contributed by atoms with Crippen LogP contribution in [0.4, 0.5) is 0 Å². The number of nitrogens with zero attached hydrogens (tertiary/aromatic N) is 2. The van der Waals surface area contributed by atoms with Crippen molar-refractivity contribution in [2.24, 2.45) is 5.92 Å². The minimum atomic E-state index is 0. The summed E-state index contributed by atoms with van der Waals surface area (Å²) in [5.74, 6) is 2.44. The maximum absolute atomic E-state index is 12.6. The Bertz CT molecular complexity index is 723. The summed E-state index contributed by atoms with van der Waals surface area (Å²) in [6.07, 6.45) is 5.21. The van der Waals surface area contributed by atoms with Gasteiger partial charge in [-0.2, -0.15) is 0 Å². The largest absolute Gasteiger partial charge is 0.440 e. The molecule has 1 N–H and O–H groups in total. The van der Waals surface area contributed by atoms with E-state index in [9.17, 15) is 4.79 Å². The fraction of sp³-hybridized carbons (Fsp3) is 0.579. The topological polar surface area (TPSA) is 58.4 Å². The summed E-state index contributed by atoms with van der Waals surface area (Å²) >= 11 is 1.60. The molecule has 150 valence electrons. The Morgan fingerprint density at radius 2 is 2.04 bits per heavy atom. The fourth-order valence-corrected chi connectivity index (χ4v) is 3.99. The summed E-state index contributed by atoms with van der Waals surface area (Å²) in [7, 11) is 0. The molecule has 0 aromatic carbocycles. The van der Waals surface area contributed by atoms with Gasteiger partial charge in [0.1, 0.15) is 5.76 Å². The molecule has 2 aromatic heterocycles. The lowest BCUT2D eigenvalue weighted by atomic mass is 10.0. The summed E-state index contributed by atoms with van der Waals surface area (Å²) in [5.41, 5.74) is 0.766. The zero-order valence-electron chi connectivity index (χ0n) is 15.5. The van der Waals surface area contributed by atoms with Crippen molar-refractivity contribution in [3.05, 3.63) is 29.0 Å². The number of rotatable bonds is 6. The van der Waals surface area contributed by atoms with Crippen molar-refractivity contribution in [3.8, 4) is 10.8 Å². The molecular weight excluding hydrogens is 405 g/mol. The van der Waals surface area contributed by atoms with Crippen molar-refractivity contribution in [2.45, 2.75) is 45.1 Å². The van der Waals surface area contributed by atoms with Crippen LogP contribution in [0.15, 0.2) is 21.9 Å². The highest BCUT2D eigenvalue weighted by Gasteiger charge is 2.26. The molecule has 1 saturated heterocycles. The third-order valence-corrected chi connectivity index (χ3v) is 6.04.